The highest BCUT2D eigenvalue weighted by atomic mass is 79.9. The predicted octanol–water partition coefficient (Wildman–Crippen LogP) is 7.56. The fourth-order valence-electron chi connectivity index (χ4n) is 4.05. The SMILES string of the molecule is COc1ccc(C=Nc2cccc(C3=NN(c4ccccc4)C(c4ccc(Br)cc4)C3)c2)cc1. The minimum Gasteiger partial charge on any atom is -0.497 e. The van der Waals surface area contributed by atoms with Crippen LogP contribution >= 0.6 is 15.9 Å². The number of hydrazone groups is 1. The Kier molecular flexibility index (Phi) is 6.54. The average molecular weight is 510 g/mol. The largest absolute Gasteiger partial charge is 0.497 e. The molecule has 0 spiro atoms. The van der Waals surface area contributed by atoms with Crippen LogP contribution in [0.5, 0.6) is 5.75 Å². The van der Waals surface area contributed by atoms with E-state index >= 15 is 0 Å². The van der Waals surface area contributed by atoms with Gasteiger partial charge >= 0.3 is 0 Å². The lowest BCUT2D eigenvalue weighted by molar-refractivity contribution is 0.415. The van der Waals surface area contributed by atoms with Crippen LogP contribution in [0.1, 0.15) is 29.2 Å². The summed E-state index contributed by atoms with van der Waals surface area (Å²) in [5, 5.41) is 7.19. The predicted molar refractivity (Wildman–Crippen MR) is 144 cm³/mol. The van der Waals surface area contributed by atoms with Crippen molar-refractivity contribution < 1.29 is 4.74 Å². The smallest absolute Gasteiger partial charge is 0.118 e. The number of benzene rings is 4. The van der Waals surface area contributed by atoms with Gasteiger partial charge in [-0.1, -0.05) is 58.4 Å². The lowest BCUT2D eigenvalue weighted by Crippen LogP contribution is -2.18. The van der Waals surface area contributed by atoms with Crippen molar-refractivity contribution in [2.75, 3.05) is 12.1 Å². The molecule has 0 radical (unpaired) electrons. The maximum atomic E-state index is 5.23. The van der Waals surface area contributed by atoms with Crippen LogP contribution in [0.4, 0.5) is 11.4 Å². The van der Waals surface area contributed by atoms with Crippen molar-refractivity contribution in [3.63, 3.8) is 0 Å². The number of nitrogens with zero attached hydrogens (tertiary/aromatic N) is 3. The van der Waals surface area contributed by atoms with Crippen molar-refractivity contribution in [2.24, 2.45) is 10.1 Å². The number of para-hydroxylation sites is 1. The van der Waals surface area contributed by atoms with Crippen molar-refractivity contribution in [1.29, 1.82) is 0 Å². The van der Waals surface area contributed by atoms with Crippen molar-refractivity contribution >= 4 is 39.2 Å². The number of rotatable bonds is 6. The van der Waals surface area contributed by atoms with Gasteiger partial charge in [0.25, 0.3) is 0 Å². The molecule has 0 saturated carbocycles. The summed E-state index contributed by atoms with van der Waals surface area (Å²) in [5.74, 6) is 0.835. The molecule has 4 aromatic carbocycles. The molecule has 4 nitrogen and oxygen atoms in total. The van der Waals surface area contributed by atoms with Gasteiger partial charge in [-0.15, -0.1) is 0 Å². The minimum atomic E-state index is 0.136. The van der Waals surface area contributed by atoms with E-state index in [2.05, 4.69) is 86.6 Å². The number of halogens is 1. The minimum absolute atomic E-state index is 0.136. The third kappa shape index (κ3) is 4.95. The first-order valence-electron chi connectivity index (χ1n) is 11.2. The molecule has 1 unspecified atom stereocenters. The second-order valence-electron chi connectivity index (χ2n) is 8.08. The van der Waals surface area contributed by atoms with E-state index in [0.29, 0.717) is 0 Å². The first kappa shape index (κ1) is 22.1. The Morgan fingerprint density at radius 1 is 0.912 bits per heavy atom. The molecule has 4 aromatic rings. The van der Waals surface area contributed by atoms with Crippen LogP contribution in [0.25, 0.3) is 0 Å². The van der Waals surface area contributed by atoms with Crippen molar-refractivity contribution in [3.8, 4) is 5.75 Å². The molecule has 0 amide bonds. The third-order valence-corrected chi connectivity index (χ3v) is 6.37. The van der Waals surface area contributed by atoms with Gasteiger partial charge in [0, 0.05) is 17.1 Å². The summed E-state index contributed by atoms with van der Waals surface area (Å²) in [6, 6.07) is 35.1. The maximum absolute atomic E-state index is 5.23. The van der Waals surface area contributed by atoms with Crippen LogP contribution in [0, 0.1) is 0 Å². The Morgan fingerprint density at radius 3 is 2.41 bits per heavy atom. The molecule has 1 heterocycles. The van der Waals surface area contributed by atoms with Gasteiger partial charge in [-0.2, -0.15) is 5.10 Å². The van der Waals surface area contributed by atoms with Gasteiger partial charge in [-0.3, -0.25) is 10.0 Å². The van der Waals surface area contributed by atoms with Crippen molar-refractivity contribution in [1.82, 2.24) is 0 Å². The van der Waals surface area contributed by atoms with E-state index in [9.17, 15) is 0 Å². The molecule has 0 fully saturated rings. The average Bonchev–Trinajstić information content (AvgIpc) is 3.34. The molecule has 34 heavy (non-hydrogen) atoms. The summed E-state index contributed by atoms with van der Waals surface area (Å²) in [6.07, 6.45) is 2.69. The van der Waals surface area contributed by atoms with Crippen molar-refractivity contribution in [2.45, 2.75) is 12.5 Å². The first-order chi connectivity index (χ1) is 16.7. The molecular weight excluding hydrogens is 486 g/mol. The molecule has 1 aliphatic rings. The number of hydrogen-bond acceptors (Lipinski definition) is 4. The molecule has 0 bridgehead atoms. The Labute approximate surface area is 208 Å². The topological polar surface area (TPSA) is 37.2 Å². The summed E-state index contributed by atoms with van der Waals surface area (Å²) in [4.78, 5) is 4.69. The van der Waals surface area contributed by atoms with E-state index < -0.39 is 0 Å². The van der Waals surface area contributed by atoms with Crippen LogP contribution < -0.4 is 9.75 Å². The highest BCUT2D eigenvalue weighted by molar-refractivity contribution is 9.10. The molecule has 0 N–H and O–H groups in total. The standard InChI is InChI=1S/C29H24BrN3O/c1-34-27-16-10-21(11-17-27)20-31-25-7-5-6-23(18-25)28-19-29(22-12-14-24(30)15-13-22)33(32-28)26-8-3-2-4-9-26/h2-18,20,29H,19H2,1H3. The highest BCUT2D eigenvalue weighted by Gasteiger charge is 2.29. The van der Waals surface area contributed by atoms with E-state index in [-0.39, 0.29) is 6.04 Å². The van der Waals surface area contributed by atoms with Gasteiger partial charge in [0.15, 0.2) is 0 Å². The van der Waals surface area contributed by atoms with Gasteiger partial charge in [-0.25, -0.2) is 0 Å². The summed E-state index contributed by atoms with van der Waals surface area (Å²) >= 11 is 3.55. The van der Waals surface area contributed by atoms with E-state index in [1.807, 2.05) is 48.7 Å². The Morgan fingerprint density at radius 2 is 1.68 bits per heavy atom. The van der Waals surface area contributed by atoms with Gasteiger partial charge in [0.2, 0.25) is 0 Å². The second-order valence-corrected chi connectivity index (χ2v) is 9.00. The maximum Gasteiger partial charge on any atom is 0.118 e. The number of aliphatic imine (C=N–C) groups is 1. The molecule has 0 aromatic heterocycles. The molecule has 5 heteroatoms. The summed E-state index contributed by atoms with van der Waals surface area (Å²) < 4.78 is 6.30. The Balaban J connectivity index is 1.43. The molecule has 0 aliphatic carbocycles. The molecule has 5 rings (SSSR count). The molecular formula is C29H24BrN3O. The number of methoxy groups -OCH3 is 1. The van der Waals surface area contributed by atoms with Crippen LogP contribution in [-0.4, -0.2) is 19.0 Å². The van der Waals surface area contributed by atoms with Crippen LogP contribution in [0.2, 0.25) is 0 Å². The van der Waals surface area contributed by atoms with Gasteiger partial charge in [0.1, 0.15) is 5.75 Å². The van der Waals surface area contributed by atoms with Crippen molar-refractivity contribution in [3.05, 3.63) is 124 Å². The number of anilines is 1. The van der Waals surface area contributed by atoms with Gasteiger partial charge in [-0.05, 0) is 77.4 Å². The van der Waals surface area contributed by atoms with E-state index in [4.69, 9.17) is 9.84 Å². The highest BCUT2D eigenvalue weighted by Crippen LogP contribution is 2.37. The number of hydrogen-bond donors (Lipinski definition) is 0. The zero-order valence-electron chi connectivity index (χ0n) is 18.8. The number of ether oxygens (including phenoxy) is 1. The normalized spacial score (nSPS) is 15.5. The van der Waals surface area contributed by atoms with Gasteiger partial charge in [0.05, 0.1) is 30.2 Å². The lowest BCUT2D eigenvalue weighted by atomic mass is 9.98. The zero-order chi connectivity index (χ0) is 23.3. The molecule has 0 saturated heterocycles. The fraction of sp³-hybridized carbons (Fsp3) is 0.103. The summed E-state index contributed by atoms with van der Waals surface area (Å²) in [6.45, 7) is 0. The van der Waals surface area contributed by atoms with E-state index in [1.165, 1.54) is 5.56 Å². The molecule has 1 atom stereocenters. The lowest BCUT2D eigenvalue weighted by Gasteiger charge is -2.24. The van der Waals surface area contributed by atoms with Crippen LogP contribution in [0.3, 0.4) is 0 Å². The Hall–Kier alpha value is -3.70. The fourth-order valence-corrected chi connectivity index (χ4v) is 4.32. The zero-order valence-corrected chi connectivity index (χ0v) is 20.4. The summed E-state index contributed by atoms with van der Waals surface area (Å²) in [7, 11) is 1.67. The van der Waals surface area contributed by atoms with Crippen LogP contribution in [0.15, 0.2) is 118 Å². The molecule has 1 aliphatic heterocycles. The quantitative estimate of drug-likeness (QED) is 0.251. The summed E-state index contributed by atoms with van der Waals surface area (Å²) in [5.41, 5.74) is 6.38. The van der Waals surface area contributed by atoms with Gasteiger partial charge < -0.3 is 4.74 Å². The first-order valence-corrected chi connectivity index (χ1v) is 11.9. The Bertz CT molecular complexity index is 1320. The third-order valence-electron chi connectivity index (χ3n) is 5.84. The van der Waals surface area contributed by atoms with Crippen LogP contribution in [-0.2, 0) is 0 Å². The monoisotopic (exact) mass is 509 g/mol. The van der Waals surface area contributed by atoms with E-state index in [1.54, 1.807) is 7.11 Å². The molecule has 168 valence electrons. The second kappa shape index (κ2) is 10.1. The van der Waals surface area contributed by atoms with E-state index in [0.717, 1.165) is 44.9 Å².